The Kier molecular flexibility index (Phi) is 3.58. The SMILES string of the molecule is CN1C(=O)c2c(cccc2-n2c3ccccc3c3cccc(C(F)(F)F)c32)C1O. The third-order valence-electron chi connectivity index (χ3n) is 5.49. The lowest BCUT2D eigenvalue weighted by Gasteiger charge is -2.15. The van der Waals surface area contributed by atoms with Crippen molar-refractivity contribution in [2.24, 2.45) is 0 Å². The lowest BCUT2D eigenvalue weighted by Crippen LogP contribution is -2.23. The van der Waals surface area contributed by atoms with Crippen LogP contribution in [0.25, 0.3) is 27.5 Å². The number of aromatic nitrogens is 1. The fourth-order valence-electron chi connectivity index (χ4n) is 4.19. The second-order valence-electron chi connectivity index (χ2n) is 7.08. The molecule has 1 aliphatic heterocycles. The fraction of sp³-hybridized carbons (Fsp3) is 0.136. The number of hydrogen-bond donors (Lipinski definition) is 1. The quantitative estimate of drug-likeness (QED) is 0.499. The predicted octanol–water partition coefficient (Wildman–Crippen LogP) is 4.88. The summed E-state index contributed by atoms with van der Waals surface area (Å²) in [6.07, 6.45) is -5.70. The monoisotopic (exact) mass is 396 g/mol. The molecule has 1 aliphatic rings. The van der Waals surface area contributed by atoms with E-state index in [1.807, 2.05) is 0 Å². The van der Waals surface area contributed by atoms with Crippen LogP contribution in [0.5, 0.6) is 0 Å². The first kappa shape index (κ1) is 17.8. The summed E-state index contributed by atoms with van der Waals surface area (Å²) in [6.45, 7) is 0. The number of fused-ring (bicyclic) bond motifs is 4. The smallest absolute Gasteiger partial charge is 0.369 e. The number of benzene rings is 3. The molecule has 7 heteroatoms. The van der Waals surface area contributed by atoms with Crippen molar-refractivity contribution in [1.29, 1.82) is 0 Å². The molecule has 0 saturated carbocycles. The van der Waals surface area contributed by atoms with Gasteiger partial charge < -0.3 is 14.6 Å². The van der Waals surface area contributed by atoms with E-state index in [4.69, 9.17) is 0 Å². The van der Waals surface area contributed by atoms with Crippen molar-refractivity contribution in [3.05, 3.63) is 77.4 Å². The molecule has 1 amide bonds. The number of para-hydroxylation sites is 2. The number of nitrogens with zero attached hydrogens (tertiary/aromatic N) is 2. The third-order valence-corrected chi connectivity index (χ3v) is 5.49. The Morgan fingerprint density at radius 2 is 1.62 bits per heavy atom. The van der Waals surface area contributed by atoms with Crippen molar-refractivity contribution < 1.29 is 23.1 Å². The van der Waals surface area contributed by atoms with E-state index in [2.05, 4.69) is 0 Å². The summed E-state index contributed by atoms with van der Waals surface area (Å²) < 4.78 is 43.1. The van der Waals surface area contributed by atoms with Crippen molar-refractivity contribution >= 4 is 27.7 Å². The van der Waals surface area contributed by atoms with Crippen LogP contribution in [0.1, 0.15) is 27.7 Å². The molecule has 5 rings (SSSR count). The largest absolute Gasteiger partial charge is 0.418 e. The van der Waals surface area contributed by atoms with Gasteiger partial charge in [0.2, 0.25) is 0 Å². The molecule has 0 fully saturated rings. The van der Waals surface area contributed by atoms with Crippen LogP contribution in [-0.2, 0) is 6.18 Å². The van der Waals surface area contributed by atoms with Crippen LogP contribution in [0.2, 0.25) is 0 Å². The van der Waals surface area contributed by atoms with Gasteiger partial charge in [-0.25, -0.2) is 0 Å². The van der Waals surface area contributed by atoms with Gasteiger partial charge in [-0.3, -0.25) is 4.79 Å². The normalized spacial score (nSPS) is 16.8. The highest BCUT2D eigenvalue weighted by atomic mass is 19.4. The Labute approximate surface area is 163 Å². The Balaban J connectivity index is 1.99. The van der Waals surface area contributed by atoms with Crippen molar-refractivity contribution in [3.63, 3.8) is 0 Å². The molecule has 4 nitrogen and oxygen atoms in total. The molecular weight excluding hydrogens is 381 g/mol. The number of rotatable bonds is 1. The van der Waals surface area contributed by atoms with E-state index in [1.54, 1.807) is 48.5 Å². The first-order chi connectivity index (χ1) is 13.8. The van der Waals surface area contributed by atoms with Gasteiger partial charge in [-0.15, -0.1) is 0 Å². The molecule has 1 atom stereocenters. The minimum atomic E-state index is -4.57. The number of aliphatic hydroxyl groups is 1. The molecule has 146 valence electrons. The first-order valence-electron chi connectivity index (χ1n) is 8.98. The predicted molar refractivity (Wildman–Crippen MR) is 103 cm³/mol. The molecule has 0 bridgehead atoms. The van der Waals surface area contributed by atoms with Crippen LogP contribution in [0, 0.1) is 0 Å². The van der Waals surface area contributed by atoms with E-state index < -0.39 is 23.9 Å². The summed E-state index contributed by atoms with van der Waals surface area (Å²) in [7, 11) is 1.46. The molecule has 1 aromatic heterocycles. The van der Waals surface area contributed by atoms with E-state index in [1.165, 1.54) is 22.6 Å². The van der Waals surface area contributed by atoms with Gasteiger partial charge in [0.15, 0.2) is 6.23 Å². The highest BCUT2D eigenvalue weighted by Crippen LogP contribution is 2.42. The van der Waals surface area contributed by atoms with Gasteiger partial charge in [0, 0.05) is 23.4 Å². The molecule has 1 N–H and O–H groups in total. The van der Waals surface area contributed by atoms with Gasteiger partial charge in [-0.2, -0.15) is 13.2 Å². The molecule has 0 saturated heterocycles. The Bertz CT molecular complexity index is 1310. The zero-order valence-corrected chi connectivity index (χ0v) is 15.2. The van der Waals surface area contributed by atoms with E-state index in [0.717, 1.165) is 6.07 Å². The molecule has 2 heterocycles. The maximum atomic E-state index is 13.9. The summed E-state index contributed by atoms with van der Waals surface area (Å²) in [5.74, 6) is -0.432. The third kappa shape index (κ3) is 2.34. The lowest BCUT2D eigenvalue weighted by atomic mass is 10.1. The standard InChI is InChI=1S/C22H15F3N2O2/c1-26-20(28)14-8-5-11-17(18(14)21(26)29)27-16-10-3-2-6-12(16)13-7-4-9-15(19(13)27)22(23,24)25/h2-11,20,28H,1H3. The maximum absolute atomic E-state index is 13.9. The van der Waals surface area contributed by atoms with Gasteiger partial charge in [0.25, 0.3) is 5.91 Å². The molecule has 3 aromatic carbocycles. The fourth-order valence-corrected chi connectivity index (χ4v) is 4.19. The average molecular weight is 396 g/mol. The number of carbonyl (C=O) groups excluding carboxylic acids is 1. The average Bonchev–Trinajstić information content (AvgIpc) is 3.15. The van der Waals surface area contributed by atoms with Crippen molar-refractivity contribution in [3.8, 4) is 5.69 Å². The first-order valence-corrected chi connectivity index (χ1v) is 8.98. The van der Waals surface area contributed by atoms with Gasteiger partial charge >= 0.3 is 6.18 Å². The minimum absolute atomic E-state index is 0.00792. The topological polar surface area (TPSA) is 45.5 Å². The Hall–Kier alpha value is -3.32. The van der Waals surface area contributed by atoms with Gasteiger partial charge in [0.05, 0.1) is 27.8 Å². The second kappa shape index (κ2) is 5.84. The van der Waals surface area contributed by atoms with E-state index in [-0.39, 0.29) is 11.1 Å². The second-order valence-corrected chi connectivity index (χ2v) is 7.08. The molecule has 0 aliphatic carbocycles. The lowest BCUT2D eigenvalue weighted by molar-refractivity contribution is -0.136. The van der Waals surface area contributed by atoms with Crippen LogP contribution >= 0.6 is 0 Å². The Morgan fingerprint density at radius 3 is 2.38 bits per heavy atom. The molecule has 1 unspecified atom stereocenters. The van der Waals surface area contributed by atoms with E-state index >= 15 is 0 Å². The molecular formula is C22H15F3N2O2. The van der Waals surface area contributed by atoms with Gasteiger partial charge in [-0.1, -0.05) is 42.5 Å². The van der Waals surface area contributed by atoms with Gasteiger partial charge in [0.1, 0.15) is 0 Å². The number of aliphatic hydroxyl groups excluding tert-OH is 1. The Morgan fingerprint density at radius 1 is 0.931 bits per heavy atom. The van der Waals surface area contributed by atoms with Crippen LogP contribution in [0.15, 0.2) is 60.7 Å². The summed E-state index contributed by atoms with van der Waals surface area (Å²) >= 11 is 0. The zero-order valence-electron chi connectivity index (χ0n) is 15.2. The van der Waals surface area contributed by atoms with Crippen molar-refractivity contribution in [1.82, 2.24) is 9.47 Å². The minimum Gasteiger partial charge on any atom is -0.369 e. The van der Waals surface area contributed by atoms with E-state index in [9.17, 15) is 23.1 Å². The number of hydrogen-bond acceptors (Lipinski definition) is 2. The number of halogens is 3. The maximum Gasteiger partial charge on any atom is 0.418 e. The summed E-state index contributed by atoms with van der Waals surface area (Å²) in [5, 5.41) is 11.5. The summed E-state index contributed by atoms with van der Waals surface area (Å²) in [4.78, 5) is 14.0. The van der Waals surface area contributed by atoms with Crippen LogP contribution in [-0.4, -0.2) is 27.5 Å². The van der Waals surface area contributed by atoms with Crippen LogP contribution in [0.3, 0.4) is 0 Å². The van der Waals surface area contributed by atoms with Crippen molar-refractivity contribution in [2.75, 3.05) is 7.05 Å². The number of amides is 1. The molecule has 29 heavy (non-hydrogen) atoms. The zero-order chi connectivity index (χ0) is 20.5. The summed E-state index contributed by atoms with van der Waals surface area (Å²) in [5.41, 5.74) is 0.686. The molecule has 0 spiro atoms. The van der Waals surface area contributed by atoms with Crippen LogP contribution in [0.4, 0.5) is 13.2 Å². The summed E-state index contributed by atoms with van der Waals surface area (Å²) in [6, 6.07) is 16.0. The highest BCUT2D eigenvalue weighted by molar-refractivity contribution is 6.12. The number of carbonyl (C=O) groups is 1. The number of alkyl halides is 3. The molecule has 4 aromatic rings. The van der Waals surface area contributed by atoms with Crippen LogP contribution < -0.4 is 0 Å². The van der Waals surface area contributed by atoms with E-state index in [0.29, 0.717) is 27.5 Å². The molecule has 0 radical (unpaired) electrons. The van der Waals surface area contributed by atoms with Crippen molar-refractivity contribution in [2.45, 2.75) is 12.4 Å². The highest BCUT2D eigenvalue weighted by Gasteiger charge is 2.38. The van der Waals surface area contributed by atoms with Gasteiger partial charge in [-0.05, 0) is 18.2 Å².